The fourth-order valence-corrected chi connectivity index (χ4v) is 4.15. The molecule has 2 aromatic heterocycles. The van der Waals surface area contributed by atoms with Crippen LogP contribution in [0.1, 0.15) is 54.2 Å². The number of carbonyl (C=O) groups is 1. The molecule has 0 saturated heterocycles. The predicted molar refractivity (Wildman–Crippen MR) is 128 cm³/mol. The number of unbranched alkanes of at least 4 members (excludes halogenated alkanes) is 3. The molecule has 9 heteroatoms. The lowest BCUT2D eigenvalue weighted by atomic mass is 10.0. The van der Waals surface area contributed by atoms with Gasteiger partial charge in [-0.25, -0.2) is 13.6 Å². The Morgan fingerprint density at radius 2 is 2.03 bits per heavy atom. The summed E-state index contributed by atoms with van der Waals surface area (Å²) in [7, 11) is 1.51. The Morgan fingerprint density at radius 3 is 2.64 bits per heavy atom. The van der Waals surface area contributed by atoms with E-state index in [0.717, 1.165) is 25.7 Å². The van der Waals surface area contributed by atoms with Crippen molar-refractivity contribution in [3.63, 3.8) is 0 Å². The number of benzene rings is 1. The normalized spacial score (nSPS) is 12.3. The molecule has 0 radical (unpaired) electrons. The standard InChI is InChI=1S/C24H28FN3O4S/c1-4-6-7-8-13-28(33(30)31)15-20-16(5-2)14-19-21(23(29)26-3)22(32-24(19)27-20)17-9-11-18(25)12-10-17/h5,9-12,14H,2,4,6-8,13,15H2,1,3H3,(H,26,29)(H,30,31). The Bertz CT molecular complexity index is 1160. The second-order valence-corrected chi connectivity index (χ2v) is 8.61. The van der Waals surface area contributed by atoms with Gasteiger partial charge in [0.05, 0.1) is 23.2 Å². The van der Waals surface area contributed by atoms with Crippen molar-refractivity contribution in [3.05, 3.63) is 59.5 Å². The minimum Gasteiger partial charge on any atom is -0.437 e. The third-order valence-electron chi connectivity index (χ3n) is 5.38. The first-order valence-electron chi connectivity index (χ1n) is 10.8. The van der Waals surface area contributed by atoms with Crippen LogP contribution in [-0.2, 0) is 17.8 Å². The summed E-state index contributed by atoms with van der Waals surface area (Å²) in [6, 6.07) is 7.37. The molecule has 1 atom stereocenters. The summed E-state index contributed by atoms with van der Waals surface area (Å²) in [4.78, 5) is 17.3. The highest BCUT2D eigenvalue weighted by Gasteiger charge is 2.24. The molecule has 176 valence electrons. The molecule has 7 nitrogen and oxygen atoms in total. The molecule has 3 aromatic rings. The molecule has 0 fully saturated rings. The topological polar surface area (TPSA) is 95.7 Å². The molecule has 0 saturated carbocycles. The Morgan fingerprint density at radius 1 is 1.30 bits per heavy atom. The van der Waals surface area contributed by atoms with Crippen LogP contribution < -0.4 is 5.32 Å². The monoisotopic (exact) mass is 473 g/mol. The zero-order chi connectivity index (χ0) is 24.0. The highest BCUT2D eigenvalue weighted by Crippen LogP contribution is 2.34. The quantitative estimate of drug-likeness (QED) is 0.296. The van der Waals surface area contributed by atoms with E-state index < -0.39 is 17.1 Å². The number of fused-ring (bicyclic) bond motifs is 1. The van der Waals surface area contributed by atoms with Crippen molar-refractivity contribution in [2.24, 2.45) is 0 Å². The number of carbonyl (C=O) groups excluding carboxylic acids is 1. The van der Waals surface area contributed by atoms with E-state index in [9.17, 15) is 17.9 Å². The van der Waals surface area contributed by atoms with Gasteiger partial charge in [-0.2, -0.15) is 4.31 Å². The van der Waals surface area contributed by atoms with E-state index in [1.165, 1.54) is 35.6 Å². The summed E-state index contributed by atoms with van der Waals surface area (Å²) in [6.07, 6.45) is 5.50. The minimum absolute atomic E-state index is 0.119. The van der Waals surface area contributed by atoms with E-state index in [0.29, 0.717) is 28.8 Å². The number of nitrogens with one attached hydrogen (secondary N) is 1. The average Bonchev–Trinajstić information content (AvgIpc) is 3.18. The third kappa shape index (κ3) is 5.73. The largest absolute Gasteiger partial charge is 0.437 e. The van der Waals surface area contributed by atoms with Crippen molar-refractivity contribution in [1.82, 2.24) is 14.6 Å². The maximum absolute atomic E-state index is 13.4. The Labute approximate surface area is 195 Å². The van der Waals surface area contributed by atoms with E-state index in [2.05, 4.69) is 23.8 Å². The van der Waals surface area contributed by atoms with Crippen LogP contribution in [0.3, 0.4) is 0 Å². The SMILES string of the molecule is C=Cc1cc2c(C(=O)NC)c(-c3ccc(F)cc3)oc2nc1CN(CCCCCC)S(=O)O. The molecule has 0 aliphatic rings. The van der Waals surface area contributed by atoms with Crippen molar-refractivity contribution >= 4 is 34.3 Å². The number of furan rings is 1. The summed E-state index contributed by atoms with van der Waals surface area (Å²) in [5.41, 5.74) is 2.16. The molecule has 0 aliphatic carbocycles. The highest BCUT2D eigenvalue weighted by molar-refractivity contribution is 7.76. The van der Waals surface area contributed by atoms with Gasteiger partial charge in [-0.15, -0.1) is 0 Å². The molecule has 33 heavy (non-hydrogen) atoms. The second kappa shape index (κ2) is 11.3. The van der Waals surface area contributed by atoms with Crippen molar-refractivity contribution < 1.29 is 22.4 Å². The van der Waals surface area contributed by atoms with E-state index in [1.54, 1.807) is 12.1 Å². The van der Waals surface area contributed by atoms with Crippen LogP contribution in [-0.4, -0.2) is 37.6 Å². The maximum atomic E-state index is 13.4. The van der Waals surface area contributed by atoms with Crippen LogP contribution in [0.15, 0.2) is 41.3 Å². The van der Waals surface area contributed by atoms with Crippen LogP contribution in [0, 0.1) is 5.82 Å². The first-order chi connectivity index (χ1) is 15.9. The van der Waals surface area contributed by atoms with Gasteiger partial charge in [-0.1, -0.05) is 38.8 Å². The molecule has 2 N–H and O–H groups in total. The molecule has 2 heterocycles. The van der Waals surface area contributed by atoms with E-state index in [1.807, 2.05) is 0 Å². The number of rotatable bonds is 11. The van der Waals surface area contributed by atoms with E-state index in [-0.39, 0.29) is 29.5 Å². The summed E-state index contributed by atoms with van der Waals surface area (Å²) >= 11 is -2.16. The smallest absolute Gasteiger partial charge is 0.255 e. The number of hydrogen-bond donors (Lipinski definition) is 2. The predicted octanol–water partition coefficient (Wildman–Crippen LogP) is 5.16. The first-order valence-corrected chi connectivity index (χ1v) is 11.9. The number of hydrogen-bond acceptors (Lipinski definition) is 4. The molecule has 0 spiro atoms. The maximum Gasteiger partial charge on any atom is 0.255 e. The fraction of sp³-hybridized carbons (Fsp3) is 0.333. The zero-order valence-corrected chi connectivity index (χ0v) is 19.6. The van der Waals surface area contributed by atoms with E-state index in [4.69, 9.17) is 4.42 Å². The summed E-state index contributed by atoms with van der Waals surface area (Å²) in [5.74, 6) is -0.500. The Balaban J connectivity index is 2.05. The van der Waals surface area contributed by atoms with Crippen molar-refractivity contribution in [2.75, 3.05) is 13.6 Å². The van der Waals surface area contributed by atoms with Crippen LogP contribution >= 0.6 is 0 Å². The first kappa shape index (κ1) is 24.8. The van der Waals surface area contributed by atoms with Gasteiger partial charge in [0.25, 0.3) is 5.91 Å². The van der Waals surface area contributed by atoms with Gasteiger partial charge in [0.1, 0.15) is 11.6 Å². The average molecular weight is 474 g/mol. The van der Waals surface area contributed by atoms with Crippen LogP contribution in [0.5, 0.6) is 0 Å². The lowest BCUT2D eigenvalue weighted by molar-refractivity contribution is 0.0964. The van der Waals surface area contributed by atoms with Crippen LogP contribution in [0.25, 0.3) is 28.5 Å². The Kier molecular flexibility index (Phi) is 8.49. The number of nitrogens with zero attached hydrogens (tertiary/aromatic N) is 2. The summed E-state index contributed by atoms with van der Waals surface area (Å²) < 4.78 is 42.5. The van der Waals surface area contributed by atoms with Gasteiger partial charge in [-0.3, -0.25) is 9.35 Å². The van der Waals surface area contributed by atoms with Crippen molar-refractivity contribution in [2.45, 2.75) is 39.2 Å². The Hall–Kier alpha value is -2.88. The highest BCUT2D eigenvalue weighted by atomic mass is 32.2. The number of pyridine rings is 1. The van der Waals surface area contributed by atoms with Gasteiger partial charge in [0.2, 0.25) is 17.0 Å². The zero-order valence-electron chi connectivity index (χ0n) is 18.8. The molecular weight excluding hydrogens is 445 g/mol. The fourth-order valence-electron chi connectivity index (χ4n) is 3.63. The van der Waals surface area contributed by atoms with Gasteiger partial charge in [0.15, 0.2) is 0 Å². The van der Waals surface area contributed by atoms with Gasteiger partial charge in [0, 0.05) is 19.2 Å². The van der Waals surface area contributed by atoms with Crippen molar-refractivity contribution in [1.29, 1.82) is 0 Å². The molecule has 0 bridgehead atoms. The van der Waals surface area contributed by atoms with Gasteiger partial charge >= 0.3 is 0 Å². The minimum atomic E-state index is -2.16. The molecule has 1 amide bonds. The number of aromatic nitrogens is 1. The molecule has 3 rings (SSSR count). The summed E-state index contributed by atoms with van der Waals surface area (Å²) in [6.45, 7) is 6.51. The van der Waals surface area contributed by atoms with Gasteiger partial charge in [-0.05, 0) is 42.3 Å². The van der Waals surface area contributed by atoms with Crippen LogP contribution in [0.4, 0.5) is 4.39 Å². The third-order valence-corrected chi connectivity index (χ3v) is 6.14. The molecule has 1 unspecified atom stereocenters. The molecule has 1 aromatic carbocycles. The van der Waals surface area contributed by atoms with E-state index >= 15 is 0 Å². The number of amides is 1. The molecular formula is C24H28FN3O4S. The van der Waals surface area contributed by atoms with Gasteiger partial charge < -0.3 is 9.73 Å². The molecule has 0 aliphatic heterocycles. The number of halogens is 1. The van der Waals surface area contributed by atoms with Crippen molar-refractivity contribution in [3.8, 4) is 11.3 Å². The second-order valence-electron chi connectivity index (χ2n) is 7.63. The lowest BCUT2D eigenvalue weighted by Gasteiger charge is -2.18. The summed E-state index contributed by atoms with van der Waals surface area (Å²) in [5, 5.41) is 3.08. The lowest BCUT2D eigenvalue weighted by Crippen LogP contribution is -2.27. The van der Waals surface area contributed by atoms with Crippen LogP contribution in [0.2, 0.25) is 0 Å².